The van der Waals surface area contributed by atoms with Crippen LogP contribution in [0.4, 0.5) is 8.78 Å². The fraction of sp³-hybridized carbons (Fsp3) is 0.200. The Kier molecular flexibility index (Phi) is 4.45. The largest absolute Gasteiger partial charge is 0.491 e. The van der Waals surface area contributed by atoms with Gasteiger partial charge in [0.1, 0.15) is 6.61 Å². The van der Waals surface area contributed by atoms with Crippen LogP contribution in [0, 0.1) is 11.6 Å². The molecule has 1 aromatic carbocycles. The monoisotopic (exact) mass is 228 g/mol. The zero-order chi connectivity index (χ0) is 12.1. The molecular weight excluding hydrogens is 217 g/mol. The van der Waals surface area contributed by atoms with Gasteiger partial charge in [0, 0.05) is 5.46 Å². The van der Waals surface area contributed by atoms with Crippen LogP contribution in [0.15, 0.2) is 24.3 Å². The summed E-state index contributed by atoms with van der Waals surface area (Å²) in [6.07, 6.45) is 3.34. The molecule has 0 radical (unpaired) electrons. The van der Waals surface area contributed by atoms with Crippen LogP contribution in [0.1, 0.15) is 6.92 Å². The van der Waals surface area contributed by atoms with E-state index in [4.69, 9.17) is 14.8 Å². The predicted octanol–water partition coefficient (Wildman–Crippen LogP) is 0.599. The third-order valence-electron chi connectivity index (χ3n) is 1.93. The van der Waals surface area contributed by atoms with Crippen molar-refractivity contribution in [3.05, 3.63) is 35.9 Å². The van der Waals surface area contributed by atoms with E-state index in [2.05, 4.69) is 0 Å². The normalized spacial score (nSPS) is 10.8. The van der Waals surface area contributed by atoms with Gasteiger partial charge in [-0.25, -0.2) is 4.39 Å². The van der Waals surface area contributed by atoms with E-state index in [1.165, 1.54) is 0 Å². The van der Waals surface area contributed by atoms with Crippen molar-refractivity contribution in [2.75, 3.05) is 6.61 Å². The molecule has 0 saturated heterocycles. The first-order chi connectivity index (χ1) is 7.57. The quantitative estimate of drug-likeness (QED) is 0.586. The number of hydrogen-bond donors (Lipinski definition) is 2. The highest BCUT2D eigenvalue weighted by Crippen LogP contribution is 2.18. The molecule has 0 bridgehead atoms. The summed E-state index contributed by atoms with van der Waals surface area (Å²) in [5, 5.41) is 17.5. The molecule has 0 atom stereocenters. The molecule has 0 unspecified atom stereocenters. The van der Waals surface area contributed by atoms with Crippen molar-refractivity contribution >= 4 is 12.6 Å². The maximum atomic E-state index is 13.3. The second-order valence-corrected chi connectivity index (χ2v) is 3.03. The lowest BCUT2D eigenvalue weighted by Gasteiger charge is -2.08. The first kappa shape index (κ1) is 12.7. The summed E-state index contributed by atoms with van der Waals surface area (Å²) in [6.45, 7) is 1.89. The van der Waals surface area contributed by atoms with Crippen molar-refractivity contribution in [1.29, 1.82) is 0 Å². The Labute approximate surface area is 92.1 Å². The Bertz CT molecular complexity index is 394. The van der Waals surface area contributed by atoms with Crippen molar-refractivity contribution in [1.82, 2.24) is 0 Å². The van der Waals surface area contributed by atoms with Crippen molar-refractivity contribution in [2.24, 2.45) is 0 Å². The Morgan fingerprint density at radius 3 is 2.56 bits per heavy atom. The van der Waals surface area contributed by atoms with Crippen molar-refractivity contribution < 1.29 is 23.6 Å². The summed E-state index contributed by atoms with van der Waals surface area (Å²) >= 11 is 0. The summed E-state index contributed by atoms with van der Waals surface area (Å²) in [4.78, 5) is 0. The Morgan fingerprint density at radius 2 is 2.00 bits per heavy atom. The Balaban J connectivity index is 2.93. The second kappa shape index (κ2) is 5.62. The van der Waals surface area contributed by atoms with Crippen LogP contribution in [0.2, 0.25) is 0 Å². The highest BCUT2D eigenvalue weighted by molar-refractivity contribution is 6.58. The zero-order valence-corrected chi connectivity index (χ0v) is 8.65. The molecule has 0 saturated carbocycles. The van der Waals surface area contributed by atoms with E-state index in [1.807, 2.05) is 0 Å². The van der Waals surface area contributed by atoms with Gasteiger partial charge >= 0.3 is 7.12 Å². The average molecular weight is 228 g/mol. The van der Waals surface area contributed by atoms with Gasteiger partial charge in [0.2, 0.25) is 0 Å². The Morgan fingerprint density at radius 1 is 1.31 bits per heavy atom. The molecule has 0 spiro atoms. The van der Waals surface area contributed by atoms with Crippen molar-refractivity contribution in [2.45, 2.75) is 6.92 Å². The van der Waals surface area contributed by atoms with Gasteiger partial charge < -0.3 is 14.8 Å². The topological polar surface area (TPSA) is 49.7 Å². The molecule has 0 aliphatic heterocycles. The number of hydrogen-bond acceptors (Lipinski definition) is 3. The standard InChI is InChI=1S/C10H11BF2O3/c1-2-3-6-16-8-5-4-7(11(14)15)9(12)10(8)13/h2-5,14-15H,6H2,1H3. The maximum absolute atomic E-state index is 13.3. The summed E-state index contributed by atoms with van der Waals surface area (Å²) in [5.41, 5.74) is -0.518. The fourth-order valence-electron chi connectivity index (χ4n) is 1.09. The zero-order valence-electron chi connectivity index (χ0n) is 8.65. The lowest BCUT2D eigenvalue weighted by Crippen LogP contribution is -2.33. The van der Waals surface area contributed by atoms with Gasteiger partial charge in [0.05, 0.1) is 0 Å². The van der Waals surface area contributed by atoms with Gasteiger partial charge in [-0.1, -0.05) is 18.2 Å². The highest BCUT2D eigenvalue weighted by Gasteiger charge is 2.22. The van der Waals surface area contributed by atoms with Crippen molar-refractivity contribution in [3.63, 3.8) is 0 Å². The van der Waals surface area contributed by atoms with Crippen LogP contribution in [-0.2, 0) is 0 Å². The molecule has 0 aliphatic carbocycles. The molecule has 0 aliphatic rings. The van der Waals surface area contributed by atoms with Crippen LogP contribution >= 0.6 is 0 Å². The van der Waals surface area contributed by atoms with E-state index in [1.54, 1.807) is 19.1 Å². The van der Waals surface area contributed by atoms with Gasteiger partial charge in [-0.2, -0.15) is 4.39 Å². The maximum Gasteiger partial charge on any atom is 0.491 e. The molecule has 2 N–H and O–H groups in total. The van der Waals surface area contributed by atoms with E-state index < -0.39 is 24.2 Å². The third kappa shape index (κ3) is 2.80. The third-order valence-corrected chi connectivity index (χ3v) is 1.93. The van der Waals surface area contributed by atoms with Gasteiger partial charge in [0.15, 0.2) is 17.4 Å². The lowest BCUT2D eigenvalue weighted by molar-refractivity contribution is 0.332. The van der Waals surface area contributed by atoms with Crippen LogP contribution in [0.3, 0.4) is 0 Å². The van der Waals surface area contributed by atoms with Crippen LogP contribution in [0.25, 0.3) is 0 Å². The molecule has 6 heteroatoms. The van der Waals surface area contributed by atoms with Gasteiger partial charge in [-0.15, -0.1) is 0 Å². The average Bonchev–Trinajstić information content (AvgIpc) is 2.24. The van der Waals surface area contributed by atoms with Crippen molar-refractivity contribution in [3.8, 4) is 5.75 Å². The van der Waals surface area contributed by atoms with E-state index >= 15 is 0 Å². The minimum absolute atomic E-state index is 0.119. The van der Waals surface area contributed by atoms with E-state index in [9.17, 15) is 8.78 Å². The van der Waals surface area contributed by atoms with Crippen LogP contribution in [0.5, 0.6) is 5.75 Å². The summed E-state index contributed by atoms with van der Waals surface area (Å²) in [7, 11) is -2.04. The molecule has 0 amide bonds. The Hall–Kier alpha value is -1.40. The molecule has 86 valence electrons. The number of halogens is 2. The van der Waals surface area contributed by atoms with Gasteiger partial charge in [0.25, 0.3) is 0 Å². The highest BCUT2D eigenvalue weighted by atomic mass is 19.2. The molecule has 16 heavy (non-hydrogen) atoms. The van der Waals surface area contributed by atoms with E-state index in [0.29, 0.717) is 0 Å². The molecule has 0 aromatic heterocycles. The van der Waals surface area contributed by atoms with Gasteiger partial charge in [-0.05, 0) is 13.0 Å². The smallest absolute Gasteiger partial charge is 0.486 e. The summed E-state index contributed by atoms with van der Waals surface area (Å²) in [5.74, 6) is -2.80. The first-order valence-electron chi connectivity index (χ1n) is 4.66. The molecule has 0 fully saturated rings. The summed E-state index contributed by atoms with van der Waals surface area (Å²) < 4.78 is 31.5. The number of rotatable bonds is 4. The lowest BCUT2D eigenvalue weighted by atomic mass is 9.80. The van der Waals surface area contributed by atoms with Crippen LogP contribution in [-0.4, -0.2) is 23.8 Å². The first-order valence-corrected chi connectivity index (χ1v) is 4.66. The van der Waals surface area contributed by atoms with Gasteiger partial charge in [-0.3, -0.25) is 0 Å². The minimum atomic E-state index is -2.04. The molecular formula is C10H11BF2O3. The van der Waals surface area contributed by atoms with E-state index in [-0.39, 0.29) is 12.4 Å². The molecule has 3 nitrogen and oxygen atoms in total. The SMILES string of the molecule is CC=CCOc1ccc(B(O)O)c(F)c1F. The number of allylic oxidation sites excluding steroid dienone is 1. The summed E-state index contributed by atoms with van der Waals surface area (Å²) in [6, 6.07) is 2.21. The number of ether oxygens (including phenoxy) is 1. The van der Waals surface area contributed by atoms with E-state index in [0.717, 1.165) is 12.1 Å². The molecule has 1 rings (SSSR count). The molecule has 0 heterocycles. The van der Waals surface area contributed by atoms with Crippen LogP contribution < -0.4 is 10.2 Å². The fourth-order valence-corrected chi connectivity index (χ4v) is 1.09. The molecule has 1 aromatic rings. The predicted molar refractivity (Wildman–Crippen MR) is 56.5 cm³/mol. The second-order valence-electron chi connectivity index (χ2n) is 3.03. The minimum Gasteiger partial charge on any atom is -0.486 e. The number of benzene rings is 1.